The van der Waals surface area contributed by atoms with E-state index in [4.69, 9.17) is 4.74 Å². The van der Waals surface area contributed by atoms with E-state index < -0.39 is 11.6 Å². The summed E-state index contributed by atoms with van der Waals surface area (Å²) < 4.78 is 34.1. The molecule has 26 heavy (non-hydrogen) atoms. The predicted octanol–water partition coefficient (Wildman–Crippen LogP) is 7.46. The van der Waals surface area contributed by atoms with Gasteiger partial charge < -0.3 is 4.74 Å². The first kappa shape index (κ1) is 21.2. The Morgan fingerprint density at radius 3 is 2.19 bits per heavy atom. The monoisotopic (exact) mass is 366 g/mol. The lowest BCUT2D eigenvalue weighted by atomic mass is 9.80. The van der Waals surface area contributed by atoms with E-state index in [-0.39, 0.29) is 5.75 Å². The van der Waals surface area contributed by atoms with Gasteiger partial charge in [0, 0.05) is 0 Å². The minimum atomic E-state index is -0.813. The second-order valence-electron chi connectivity index (χ2n) is 8.00. The minimum absolute atomic E-state index is 0.0758. The summed E-state index contributed by atoms with van der Waals surface area (Å²) in [7, 11) is 0. The molecule has 148 valence electrons. The summed E-state index contributed by atoms with van der Waals surface area (Å²) in [6.45, 7) is 4.85. The molecular weight excluding hydrogens is 330 g/mol. The predicted molar refractivity (Wildman–Crippen MR) is 105 cm³/mol. The fourth-order valence-corrected chi connectivity index (χ4v) is 4.02. The number of unbranched alkanes of at least 4 members (excludes halogenated alkanes) is 4. The molecule has 0 N–H and O–H groups in total. The third kappa shape index (κ3) is 6.55. The van der Waals surface area contributed by atoms with Crippen LogP contribution >= 0.6 is 0 Å². The van der Waals surface area contributed by atoms with Crippen LogP contribution in [0.15, 0.2) is 12.1 Å². The van der Waals surface area contributed by atoms with E-state index in [1.165, 1.54) is 38.5 Å². The highest BCUT2D eigenvalue weighted by Gasteiger charge is 2.22. The van der Waals surface area contributed by atoms with Crippen molar-refractivity contribution in [2.75, 3.05) is 6.61 Å². The van der Waals surface area contributed by atoms with Gasteiger partial charge in [-0.15, -0.1) is 0 Å². The van der Waals surface area contributed by atoms with Crippen LogP contribution in [0.2, 0.25) is 0 Å². The van der Waals surface area contributed by atoms with E-state index >= 15 is 0 Å². The maximum absolute atomic E-state index is 14.3. The summed E-state index contributed by atoms with van der Waals surface area (Å²) in [4.78, 5) is 0. The van der Waals surface area contributed by atoms with E-state index in [0.29, 0.717) is 24.5 Å². The van der Waals surface area contributed by atoms with Crippen molar-refractivity contribution < 1.29 is 13.5 Å². The number of hydrogen-bond acceptors (Lipinski definition) is 1. The molecule has 1 aromatic carbocycles. The van der Waals surface area contributed by atoms with Crippen LogP contribution in [-0.4, -0.2) is 6.61 Å². The summed E-state index contributed by atoms with van der Waals surface area (Å²) in [5.41, 5.74) is 0.468. The molecule has 1 aliphatic carbocycles. The van der Waals surface area contributed by atoms with Gasteiger partial charge in [-0.3, -0.25) is 0 Å². The molecule has 1 nitrogen and oxygen atoms in total. The molecule has 1 fully saturated rings. The van der Waals surface area contributed by atoms with Crippen LogP contribution in [-0.2, 0) is 6.42 Å². The Bertz CT molecular complexity index is 521. The van der Waals surface area contributed by atoms with Gasteiger partial charge in [0.2, 0.25) is 5.82 Å². The normalized spacial score (nSPS) is 20.3. The average Bonchev–Trinajstić information content (AvgIpc) is 2.66. The van der Waals surface area contributed by atoms with Crippen LogP contribution in [0.4, 0.5) is 8.78 Å². The van der Waals surface area contributed by atoms with Gasteiger partial charge in [-0.05, 0) is 49.1 Å². The van der Waals surface area contributed by atoms with E-state index in [1.807, 2.05) is 0 Å². The zero-order valence-electron chi connectivity index (χ0n) is 16.7. The Labute approximate surface area is 158 Å². The molecule has 0 heterocycles. The van der Waals surface area contributed by atoms with Crippen molar-refractivity contribution in [2.45, 2.75) is 90.9 Å². The highest BCUT2D eigenvalue weighted by Crippen LogP contribution is 2.33. The topological polar surface area (TPSA) is 9.23 Å². The van der Waals surface area contributed by atoms with Gasteiger partial charge in [-0.2, -0.15) is 4.39 Å². The molecule has 0 bridgehead atoms. The highest BCUT2D eigenvalue weighted by atomic mass is 19.2. The number of rotatable bonds is 11. The molecule has 2 rings (SSSR count). The Kier molecular flexibility index (Phi) is 9.42. The Hall–Kier alpha value is -1.12. The van der Waals surface area contributed by atoms with Gasteiger partial charge in [0.05, 0.1) is 6.61 Å². The largest absolute Gasteiger partial charge is 0.490 e. The molecule has 0 aromatic heterocycles. The lowest BCUT2D eigenvalue weighted by Crippen LogP contribution is -2.20. The van der Waals surface area contributed by atoms with Crippen molar-refractivity contribution in [1.82, 2.24) is 0 Å². The molecule has 0 saturated heterocycles. The fourth-order valence-electron chi connectivity index (χ4n) is 4.02. The van der Waals surface area contributed by atoms with Gasteiger partial charge in [-0.1, -0.05) is 71.3 Å². The van der Waals surface area contributed by atoms with Crippen molar-refractivity contribution >= 4 is 0 Å². The Morgan fingerprint density at radius 1 is 0.846 bits per heavy atom. The number of hydrogen-bond donors (Lipinski definition) is 0. The molecule has 0 aliphatic heterocycles. The third-order valence-electron chi connectivity index (χ3n) is 5.83. The number of ether oxygens (including phenoxy) is 1. The van der Waals surface area contributed by atoms with Crippen molar-refractivity contribution in [3.05, 3.63) is 29.3 Å². The molecule has 0 spiro atoms. The molecule has 1 aliphatic rings. The SMILES string of the molecule is CCCCCc1ccc(OCC2CCC(CCCCC)CC2)c(F)c1F. The summed E-state index contributed by atoms with van der Waals surface area (Å²) in [6, 6.07) is 3.30. The van der Waals surface area contributed by atoms with E-state index in [2.05, 4.69) is 13.8 Å². The van der Waals surface area contributed by atoms with Gasteiger partial charge in [0.15, 0.2) is 11.6 Å². The highest BCUT2D eigenvalue weighted by molar-refractivity contribution is 5.31. The smallest absolute Gasteiger partial charge is 0.200 e. The van der Waals surface area contributed by atoms with Crippen molar-refractivity contribution in [1.29, 1.82) is 0 Å². The van der Waals surface area contributed by atoms with Crippen LogP contribution in [0.5, 0.6) is 5.75 Å². The van der Waals surface area contributed by atoms with E-state index in [9.17, 15) is 8.78 Å². The molecule has 1 saturated carbocycles. The first-order valence-electron chi connectivity index (χ1n) is 10.7. The van der Waals surface area contributed by atoms with Crippen LogP contribution in [0.25, 0.3) is 0 Å². The Morgan fingerprint density at radius 2 is 1.50 bits per heavy atom. The molecule has 0 radical (unpaired) electrons. The first-order valence-corrected chi connectivity index (χ1v) is 10.7. The quantitative estimate of drug-likeness (QED) is 0.369. The molecule has 0 atom stereocenters. The second kappa shape index (κ2) is 11.6. The standard InChI is InChI=1S/C23H36F2O/c1-3-5-7-9-18-11-13-19(14-12-18)17-26-21-16-15-20(10-8-6-4-2)22(24)23(21)25/h15-16,18-19H,3-14,17H2,1-2H3. The fraction of sp³-hybridized carbons (Fsp3) is 0.739. The molecular formula is C23H36F2O. The summed E-state index contributed by atoms with van der Waals surface area (Å²) in [6.07, 6.45) is 13.7. The molecule has 0 unspecified atom stereocenters. The third-order valence-corrected chi connectivity index (χ3v) is 5.83. The average molecular weight is 367 g/mol. The van der Waals surface area contributed by atoms with Crippen LogP contribution in [0.3, 0.4) is 0 Å². The summed E-state index contributed by atoms with van der Waals surface area (Å²) >= 11 is 0. The lowest BCUT2D eigenvalue weighted by Gasteiger charge is -2.28. The maximum Gasteiger partial charge on any atom is 0.200 e. The zero-order valence-corrected chi connectivity index (χ0v) is 16.7. The van der Waals surface area contributed by atoms with E-state index in [1.54, 1.807) is 12.1 Å². The number of benzene rings is 1. The van der Waals surface area contributed by atoms with Crippen molar-refractivity contribution in [3.8, 4) is 5.75 Å². The zero-order chi connectivity index (χ0) is 18.8. The Balaban J connectivity index is 1.76. The van der Waals surface area contributed by atoms with Gasteiger partial charge in [-0.25, -0.2) is 4.39 Å². The molecule has 1 aromatic rings. The maximum atomic E-state index is 14.3. The molecule has 0 amide bonds. The molecule has 3 heteroatoms. The number of aryl methyl sites for hydroxylation is 1. The summed E-state index contributed by atoms with van der Waals surface area (Å²) in [5, 5.41) is 0. The van der Waals surface area contributed by atoms with Gasteiger partial charge >= 0.3 is 0 Å². The summed E-state index contributed by atoms with van der Waals surface area (Å²) in [5.74, 6) is -0.129. The van der Waals surface area contributed by atoms with Crippen LogP contribution < -0.4 is 4.74 Å². The van der Waals surface area contributed by atoms with Gasteiger partial charge in [0.1, 0.15) is 0 Å². The lowest BCUT2D eigenvalue weighted by molar-refractivity contribution is 0.172. The van der Waals surface area contributed by atoms with Crippen LogP contribution in [0.1, 0.15) is 90.0 Å². The first-order chi connectivity index (χ1) is 12.7. The van der Waals surface area contributed by atoms with Gasteiger partial charge in [0.25, 0.3) is 0 Å². The van der Waals surface area contributed by atoms with Crippen LogP contribution in [0, 0.1) is 23.5 Å². The number of halogens is 2. The minimum Gasteiger partial charge on any atom is -0.490 e. The second-order valence-corrected chi connectivity index (χ2v) is 8.00. The van der Waals surface area contributed by atoms with Crippen molar-refractivity contribution in [2.24, 2.45) is 11.8 Å². The van der Waals surface area contributed by atoms with Crippen molar-refractivity contribution in [3.63, 3.8) is 0 Å². The van der Waals surface area contributed by atoms with E-state index in [0.717, 1.165) is 38.0 Å².